The number of hydrogen-bond donors (Lipinski definition) is 2. The first-order valence-electron chi connectivity index (χ1n) is 9.90. The minimum absolute atomic E-state index is 0.00472. The molecule has 1 unspecified atom stereocenters. The molecule has 1 atom stereocenters. The van der Waals surface area contributed by atoms with Crippen LogP contribution in [0.5, 0.6) is 0 Å². The first kappa shape index (κ1) is 23.6. The zero-order valence-corrected chi connectivity index (χ0v) is 19.0. The van der Waals surface area contributed by atoms with Gasteiger partial charge in [0.05, 0.1) is 18.8 Å². The Labute approximate surface area is 187 Å². The summed E-state index contributed by atoms with van der Waals surface area (Å²) in [5.41, 5.74) is 8.66. The molecule has 0 saturated carbocycles. The topological polar surface area (TPSA) is 72.6 Å². The van der Waals surface area contributed by atoms with Crippen LogP contribution in [0.4, 0.5) is 4.39 Å². The lowest BCUT2D eigenvalue weighted by Gasteiger charge is -2.25. The van der Waals surface area contributed by atoms with E-state index < -0.39 is 14.2 Å². The molecule has 3 aromatic carbocycles. The second kappa shape index (κ2) is 11.0. The van der Waals surface area contributed by atoms with E-state index in [1.54, 1.807) is 12.1 Å². The van der Waals surface area contributed by atoms with Gasteiger partial charge in [0.15, 0.2) is 0 Å². The highest BCUT2D eigenvalue weighted by atomic mass is 32.2. The summed E-state index contributed by atoms with van der Waals surface area (Å²) in [5, 5.41) is 9.49. The minimum Gasteiger partial charge on any atom is -0.394 e. The Kier molecular flexibility index (Phi) is 8.35. The maximum absolute atomic E-state index is 14.8. The van der Waals surface area contributed by atoms with E-state index in [1.165, 1.54) is 17.3 Å². The Morgan fingerprint density at radius 3 is 2.48 bits per heavy atom. The third-order valence-electron chi connectivity index (χ3n) is 5.06. The van der Waals surface area contributed by atoms with Crippen molar-refractivity contribution in [2.45, 2.75) is 35.1 Å². The highest BCUT2D eigenvalue weighted by Gasteiger charge is 2.24. The molecule has 31 heavy (non-hydrogen) atoms. The summed E-state index contributed by atoms with van der Waals surface area (Å²) in [4.78, 5) is 1.93. The van der Waals surface area contributed by atoms with Crippen molar-refractivity contribution in [3.63, 3.8) is 0 Å². The fraction of sp³-hybridized carbons (Fsp3) is 0.250. The van der Waals surface area contributed by atoms with Gasteiger partial charge in [-0.15, -0.1) is 0 Å². The van der Waals surface area contributed by atoms with Gasteiger partial charge in [-0.05, 0) is 55.2 Å². The normalized spacial score (nSPS) is 13.3. The smallest absolute Gasteiger partial charge is 0.327 e. The van der Waals surface area contributed by atoms with Gasteiger partial charge in [-0.3, -0.25) is 4.52 Å². The van der Waals surface area contributed by atoms with Crippen LogP contribution in [-0.2, 0) is 15.5 Å². The molecular formula is C24H25FNO3PS. The maximum atomic E-state index is 14.8. The van der Waals surface area contributed by atoms with E-state index in [9.17, 15) is 14.1 Å². The van der Waals surface area contributed by atoms with Crippen molar-refractivity contribution in [3.8, 4) is 11.1 Å². The van der Waals surface area contributed by atoms with E-state index in [1.807, 2.05) is 55.5 Å². The maximum Gasteiger partial charge on any atom is 0.327 e. The molecule has 0 aliphatic heterocycles. The van der Waals surface area contributed by atoms with Crippen molar-refractivity contribution in [1.82, 2.24) is 0 Å². The summed E-state index contributed by atoms with van der Waals surface area (Å²) in [6.07, 6.45) is 1.09. The largest absolute Gasteiger partial charge is 0.394 e. The van der Waals surface area contributed by atoms with E-state index >= 15 is 0 Å². The first-order valence-corrected chi connectivity index (χ1v) is 11.4. The number of halogens is 1. The van der Waals surface area contributed by atoms with Gasteiger partial charge in [0.25, 0.3) is 0 Å². The zero-order valence-electron chi connectivity index (χ0n) is 17.3. The lowest BCUT2D eigenvalue weighted by molar-refractivity contribution is 0.133. The molecule has 7 heteroatoms. The molecule has 0 spiro atoms. The van der Waals surface area contributed by atoms with Crippen LogP contribution < -0.4 is 5.73 Å². The lowest BCUT2D eigenvalue weighted by Crippen LogP contribution is -2.47. The molecule has 3 N–H and O–H groups in total. The molecule has 3 rings (SSSR count). The van der Waals surface area contributed by atoms with Crippen molar-refractivity contribution in [1.29, 1.82) is 0 Å². The predicted molar refractivity (Wildman–Crippen MR) is 123 cm³/mol. The van der Waals surface area contributed by atoms with Gasteiger partial charge in [-0.2, -0.15) is 0 Å². The third kappa shape index (κ3) is 6.70. The van der Waals surface area contributed by atoms with Crippen molar-refractivity contribution in [2.75, 3.05) is 13.2 Å². The number of aliphatic hydroxyl groups is 1. The molecule has 0 fully saturated rings. The molecule has 0 radical (unpaired) electrons. The quantitative estimate of drug-likeness (QED) is 0.377. The number of hydrogen-bond acceptors (Lipinski definition) is 5. The Morgan fingerprint density at radius 2 is 1.84 bits per heavy atom. The van der Waals surface area contributed by atoms with Crippen molar-refractivity contribution in [2.24, 2.45) is 5.73 Å². The van der Waals surface area contributed by atoms with Crippen LogP contribution >= 0.6 is 20.4 Å². The van der Waals surface area contributed by atoms with Crippen LogP contribution in [0.15, 0.2) is 76.5 Å². The Balaban J connectivity index is 1.67. The first-order chi connectivity index (χ1) is 14.9. The van der Waals surface area contributed by atoms with Gasteiger partial charge >= 0.3 is 8.69 Å². The fourth-order valence-electron chi connectivity index (χ4n) is 3.20. The molecular weight excluding hydrogens is 432 g/mol. The molecule has 0 amide bonds. The predicted octanol–water partition coefficient (Wildman–Crippen LogP) is 5.80. The van der Waals surface area contributed by atoms with Gasteiger partial charge in [0, 0.05) is 15.4 Å². The molecule has 0 aliphatic carbocycles. The fourth-order valence-corrected chi connectivity index (χ4v) is 4.48. The van der Waals surface area contributed by atoms with Crippen LogP contribution in [0.3, 0.4) is 0 Å². The van der Waals surface area contributed by atoms with Gasteiger partial charge in [0.1, 0.15) is 5.82 Å². The van der Waals surface area contributed by atoms with E-state index in [0.29, 0.717) is 18.4 Å². The highest BCUT2D eigenvalue weighted by molar-refractivity contribution is 7.99. The van der Waals surface area contributed by atoms with Gasteiger partial charge < -0.3 is 10.8 Å². The van der Waals surface area contributed by atoms with Crippen molar-refractivity contribution < 1.29 is 18.6 Å². The van der Waals surface area contributed by atoms with Gasteiger partial charge in [-0.1, -0.05) is 59.8 Å². The van der Waals surface area contributed by atoms with Crippen LogP contribution in [0, 0.1) is 12.7 Å². The summed E-state index contributed by atoms with van der Waals surface area (Å²) in [6.45, 7) is 1.78. The summed E-state index contributed by atoms with van der Waals surface area (Å²) < 4.78 is 30.1. The SMILES string of the molecule is Cc1cccc(Sc2ccc(-c3ccc(CCC(N)(CO)COP=O)cc3)c(F)c2)c1. The Hall–Kier alpha value is -2.08. The van der Waals surface area contributed by atoms with Gasteiger partial charge in [0.2, 0.25) is 0 Å². The Morgan fingerprint density at radius 1 is 1.10 bits per heavy atom. The number of rotatable bonds is 10. The second-order valence-electron chi connectivity index (χ2n) is 7.63. The molecule has 3 aromatic rings. The summed E-state index contributed by atoms with van der Waals surface area (Å²) in [7, 11) is -0.456. The summed E-state index contributed by atoms with van der Waals surface area (Å²) >= 11 is 1.54. The molecule has 0 bridgehead atoms. The van der Waals surface area contributed by atoms with E-state index in [-0.39, 0.29) is 19.0 Å². The average Bonchev–Trinajstić information content (AvgIpc) is 2.77. The standard InChI is InChI=1S/C24H25FNO3PS/c1-17-3-2-4-20(13-17)31-21-9-10-22(23(25)14-21)19-7-5-18(6-8-19)11-12-24(26,15-27)16-29-30-28/h2-10,13-14,27H,11-12,15-16,26H2,1H3. The number of aryl methyl sites for hydroxylation is 2. The molecule has 0 aliphatic rings. The zero-order chi connectivity index (χ0) is 22.3. The average molecular weight is 458 g/mol. The van der Waals surface area contributed by atoms with Crippen LogP contribution in [0.2, 0.25) is 0 Å². The molecule has 0 saturated heterocycles. The monoisotopic (exact) mass is 457 g/mol. The van der Waals surface area contributed by atoms with Crippen molar-refractivity contribution in [3.05, 3.63) is 83.7 Å². The van der Waals surface area contributed by atoms with Crippen molar-refractivity contribution >= 4 is 20.4 Å². The lowest BCUT2D eigenvalue weighted by atomic mass is 9.93. The number of benzene rings is 3. The number of nitrogens with two attached hydrogens (primary N) is 1. The van der Waals surface area contributed by atoms with Gasteiger partial charge in [-0.25, -0.2) is 8.96 Å². The molecule has 162 valence electrons. The van der Waals surface area contributed by atoms with E-state index in [4.69, 9.17) is 10.3 Å². The van der Waals surface area contributed by atoms with Crippen LogP contribution in [0.25, 0.3) is 11.1 Å². The molecule has 4 nitrogen and oxygen atoms in total. The van der Waals surface area contributed by atoms with E-state index in [0.717, 1.165) is 20.9 Å². The molecule has 0 aromatic heterocycles. The minimum atomic E-state index is -0.951. The summed E-state index contributed by atoms with van der Waals surface area (Å²) in [5.74, 6) is -0.263. The van der Waals surface area contributed by atoms with Crippen LogP contribution in [-0.4, -0.2) is 23.9 Å². The molecule has 0 heterocycles. The number of aliphatic hydroxyl groups excluding tert-OH is 1. The van der Waals surface area contributed by atoms with E-state index in [2.05, 4.69) is 6.07 Å². The van der Waals surface area contributed by atoms with Crippen LogP contribution in [0.1, 0.15) is 17.5 Å². The Bertz CT molecular complexity index is 1030. The highest BCUT2D eigenvalue weighted by Crippen LogP contribution is 2.32. The third-order valence-corrected chi connectivity index (χ3v) is 6.28. The second-order valence-corrected chi connectivity index (χ2v) is 9.18. The summed E-state index contributed by atoms with van der Waals surface area (Å²) in [6, 6.07) is 21.0.